The molecule has 2 N–H and O–H groups in total. The Labute approximate surface area is 209 Å². The van der Waals surface area contributed by atoms with E-state index >= 15 is 0 Å². The molecule has 0 aliphatic rings. The van der Waals surface area contributed by atoms with Crippen LogP contribution in [-0.4, -0.2) is 51.0 Å². The van der Waals surface area contributed by atoms with Crippen LogP contribution < -0.4 is 20.7 Å². The second-order valence-corrected chi connectivity index (χ2v) is 11.7. The van der Waals surface area contributed by atoms with Gasteiger partial charge in [-0.3, -0.25) is 9.48 Å². The molecule has 186 valence electrons. The number of ether oxygens (including phenoxy) is 1. The smallest absolute Gasteiger partial charge is 0.184 e. The minimum Gasteiger partial charge on any atom is -0.494 e. The third-order valence-electron chi connectivity index (χ3n) is 5.48. The molecule has 0 amide bonds. The first kappa shape index (κ1) is 25.1. The molecule has 0 aliphatic carbocycles. The molecule has 0 saturated heterocycles. The van der Waals surface area contributed by atoms with Gasteiger partial charge in [0.05, 0.1) is 29.6 Å². The van der Waals surface area contributed by atoms with Crippen LogP contribution in [-0.2, 0) is 11.6 Å². The highest BCUT2D eigenvalue weighted by Crippen LogP contribution is 2.38. The van der Waals surface area contributed by atoms with Gasteiger partial charge in [0.1, 0.15) is 25.1 Å². The van der Waals surface area contributed by atoms with Gasteiger partial charge in [-0.1, -0.05) is 13.0 Å². The standard InChI is InChI=1S/C25H28N7O3P/c1-6-21(33)18-14-27-23(30-22-11-10-16(13-26-22)36(4,5)34)12-20(18)29-19-9-7-8-17(24(19)35-3)25-28-15-32(2)31-25/h7-15H,6H2,1-5H3,(H2,26,27,29,30). The molecule has 0 bridgehead atoms. The van der Waals surface area contributed by atoms with E-state index < -0.39 is 7.14 Å². The zero-order chi connectivity index (χ0) is 25.9. The maximum Gasteiger partial charge on any atom is 0.184 e. The van der Waals surface area contributed by atoms with Crippen LogP contribution in [0.5, 0.6) is 5.75 Å². The minimum atomic E-state index is -2.40. The van der Waals surface area contributed by atoms with Gasteiger partial charge in [0.25, 0.3) is 0 Å². The van der Waals surface area contributed by atoms with Gasteiger partial charge in [-0.05, 0) is 37.6 Å². The van der Waals surface area contributed by atoms with Crippen LogP contribution in [0.1, 0.15) is 23.7 Å². The monoisotopic (exact) mass is 505 g/mol. The molecule has 0 aliphatic heterocycles. The Morgan fingerprint density at radius 3 is 2.42 bits per heavy atom. The van der Waals surface area contributed by atoms with Crippen molar-refractivity contribution in [1.82, 2.24) is 24.7 Å². The summed E-state index contributed by atoms with van der Waals surface area (Å²) in [6.45, 7) is 5.21. The topological polar surface area (TPSA) is 124 Å². The highest BCUT2D eigenvalue weighted by atomic mass is 31.2. The molecular weight excluding hydrogens is 477 g/mol. The predicted octanol–water partition coefficient (Wildman–Crippen LogP) is 4.61. The first-order valence-electron chi connectivity index (χ1n) is 11.3. The van der Waals surface area contributed by atoms with E-state index in [9.17, 15) is 9.36 Å². The molecule has 4 aromatic rings. The lowest BCUT2D eigenvalue weighted by atomic mass is 10.1. The number of hydrogen-bond donors (Lipinski definition) is 2. The van der Waals surface area contributed by atoms with Crippen molar-refractivity contribution < 1.29 is 14.1 Å². The second kappa shape index (κ2) is 10.3. The Kier molecular flexibility index (Phi) is 7.17. The van der Waals surface area contributed by atoms with Crippen molar-refractivity contribution in [2.75, 3.05) is 31.1 Å². The fraction of sp³-hybridized carbons (Fsp3) is 0.240. The number of aromatic nitrogens is 5. The van der Waals surface area contributed by atoms with Crippen LogP contribution in [0, 0.1) is 0 Å². The third-order valence-corrected chi connectivity index (χ3v) is 6.99. The van der Waals surface area contributed by atoms with E-state index in [0.717, 1.165) is 0 Å². The fourth-order valence-electron chi connectivity index (χ4n) is 3.59. The zero-order valence-corrected chi connectivity index (χ0v) is 21.7. The number of aryl methyl sites for hydroxylation is 1. The molecule has 0 fully saturated rings. The maximum absolute atomic E-state index is 12.7. The van der Waals surface area contributed by atoms with Crippen molar-refractivity contribution in [2.45, 2.75) is 13.3 Å². The van der Waals surface area contributed by atoms with Crippen LogP contribution in [0.25, 0.3) is 11.4 Å². The van der Waals surface area contributed by atoms with Gasteiger partial charge < -0.3 is 19.9 Å². The minimum absolute atomic E-state index is 0.0535. The van der Waals surface area contributed by atoms with Crippen molar-refractivity contribution >= 4 is 41.2 Å². The molecule has 1 aromatic carbocycles. The first-order chi connectivity index (χ1) is 17.2. The molecule has 0 unspecified atom stereocenters. The van der Waals surface area contributed by atoms with Gasteiger partial charge >= 0.3 is 0 Å². The molecule has 0 spiro atoms. The number of para-hydroxylation sites is 1. The van der Waals surface area contributed by atoms with E-state index in [-0.39, 0.29) is 5.78 Å². The molecule has 36 heavy (non-hydrogen) atoms. The lowest BCUT2D eigenvalue weighted by Gasteiger charge is -2.17. The molecule has 3 heterocycles. The van der Waals surface area contributed by atoms with Crippen molar-refractivity contribution in [3.8, 4) is 17.1 Å². The maximum atomic E-state index is 12.7. The fourth-order valence-corrected chi connectivity index (χ4v) is 4.36. The van der Waals surface area contributed by atoms with Gasteiger partial charge in [-0.25, -0.2) is 15.0 Å². The molecule has 11 heteroatoms. The molecule has 0 radical (unpaired) electrons. The number of carbonyl (C=O) groups is 1. The number of Topliss-reactive ketones (excluding diaryl/α,β-unsaturated/α-hetero) is 1. The third kappa shape index (κ3) is 5.44. The average Bonchev–Trinajstić information content (AvgIpc) is 3.29. The SMILES string of the molecule is CCC(=O)c1cnc(Nc2ccc(P(C)(C)=O)cn2)cc1Nc1cccc(-c2ncn(C)n2)c1OC. The highest BCUT2D eigenvalue weighted by Gasteiger charge is 2.18. The summed E-state index contributed by atoms with van der Waals surface area (Å²) in [4.78, 5) is 25.8. The number of hydrogen-bond acceptors (Lipinski definition) is 9. The summed E-state index contributed by atoms with van der Waals surface area (Å²) in [7, 11) is 0.974. The summed E-state index contributed by atoms with van der Waals surface area (Å²) >= 11 is 0. The van der Waals surface area contributed by atoms with Crippen LogP contribution in [0.15, 0.2) is 55.1 Å². The Morgan fingerprint density at radius 1 is 1.03 bits per heavy atom. The van der Waals surface area contributed by atoms with Gasteiger partial charge in [-0.15, -0.1) is 0 Å². The predicted molar refractivity (Wildman–Crippen MR) is 142 cm³/mol. The summed E-state index contributed by atoms with van der Waals surface area (Å²) in [6.07, 6.45) is 5.08. The van der Waals surface area contributed by atoms with E-state index in [2.05, 4.69) is 30.7 Å². The summed E-state index contributed by atoms with van der Waals surface area (Å²) < 4.78 is 19.6. The molecule has 3 aromatic heterocycles. The van der Waals surface area contributed by atoms with Gasteiger partial charge in [0.15, 0.2) is 17.4 Å². The number of rotatable bonds is 9. The second-order valence-electron chi connectivity index (χ2n) is 8.52. The van der Waals surface area contributed by atoms with Crippen molar-refractivity contribution in [2.24, 2.45) is 7.05 Å². The molecular formula is C25H28N7O3P. The number of carbonyl (C=O) groups excluding carboxylic acids is 1. The van der Waals surface area contributed by atoms with Crippen molar-refractivity contribution in [1.29, 1.82) is 0 Å². The Balaban J connectivity index is 1.69. The summed E-state index contributed by atoms with van der Waals surface area (Å²) in [5, 5.41) is 11.6. The number of ketones is 1. The Bertz CT molecular complexity index is 1440. The van der Waals surface area contributed by atoms with Crippen LogP contribution in [0.4, 0.5) is 23.0 Å². The summed E-state index contributed by atoms with van der Waals surface area (Å²) in [5.41, 5.74) is 2.38. The number of pyridine rings is 2. The first-order valence-corrected chi connectivity index (χ1v) is 13.9. The van der Waals surface area contributed by atoms with Crippen molar-refractivity contribution in [3.63, 3.8) is 0 Å². The van der Waals surface area contributed by atoms with E-state index in [1.807, 2.05) is 18.2 Å². The summed E-state index contributed by atoms with van der Waals surface area (Å²) in [6, 6.07) is 10.9. The normalized spacial score (nSPS) is 11.2. The van der Waals surface area contributed by atoms with E-state index in [1.54, 1.807) is 69.8 Å². The van der Waals surface area contributed by atoms with Gasteiger partial charge in [-0.2, -0.15) is 5.10 Å². The Morgan fingerprint density at radius 2 is 1.81 bits per heavy atom. The average molecular weight is 506 g/mol. The largest absolute Gasteiger partial charge is 0.494 e. The van der Waals surface area contributed by atoms with E-state index in [1.165, 1.54) is 6.20 Å². The zero-order valence-electron chi connectivity index (χ0n) is 20.8. The number of nitrogens with one attached hydrogen (secondary N) is 2. The number of benzene rings is 1. The highest BCUT2D eigenvalue weighted by molar-refractivity contribution is 7.70. The Hall–Kier alpha value is -4.04. The van der Waals surface area contributed by atoms with Gasteiger partial charge in [0, 0.05) is 37.2 Å². The lowest BCUT2D eigenvalue weighted by Crippen LogP contribution is -2.08. The lowest BCUT2D eigenvalue weighted by molar-refractivity contribution is 0.0988. The van der Waals surface area contributed by atoms with Crippen LogP contribution >= 0.6 is 7.14 Å². The number of anilines is 4. The quantitative estimate of drug-likeness (QED) is 0.248. The molecule has 0 atom stereocenters. The van der Waals surface area contributed by atoms with E-state index in [0.29, 0.717) is 57.4 Å². The number of methoxy groups -OCH3 is 1. The van der Waals surface area contributed by atoms with Crippen LogP contribution in [0.2, 0.25) is 0 Å². The molecule has 10 nitrogen and oxygen atoms in total. The van der Waals surface area contributed by atoms with Crippen molar-refractivity contribution in [3.05, 3.63) is 60.7 Å². The van der Waals surface area contributed by atoms with Gasteiger partial charge in [0.2, 0.25) is 0 Å². The molecule has 4 rings (SSSR count). The summed E-state index contributed by atoms with van der Waals surface area (Å²) in [5.74, 6) is 2.05. The van der Waals surface area contributed by atoms with E-state index in [4.69, 9.17) is 4.74 Å². The number of nitrogens with zero attached hydrogens (tertiary/aromatic N) is 5. The van der Waals surface area contributed by atoms with Crippen LogP contribution in [0.3, 0.4) is 0 Å². The molecule has 0 saturated carbocycles.